The van der Waals surface area contributed by atoms with E-state index in [4.69, 9.17) is 5.73 Å². The van der Waals surface area contributed by atoms with Gasteiger partial charge >= 0.3 is 0 Å². The van der Waals surface area contributed by atoms with E-state index in [0.717, 1.165) is 6.07 Å². The molecule has 1 aromatic rings. The van der Waals surface area contributed by atoms with Gasteiger partial charge in [-0.15, -0.1) is 0 Å². The van der Waals surface area contributed by atoms with Crippen molar-refractivity contribution >= 4 is 15.7 Å². The van der Waals surface area contributed by atoms with E-state index in [0.29, 0.717) is 12.0 Å². The molecule has 0 aliphatic rings. The molecule has 1 rings (SSSR count). The van der Waals surface area contributed by atoms with Crippen LogP contribution in [0.5, 0.6) is 0 Å². The summed E-state index contributed by atoms with van der Waals surface area (Å²) in [5.74, 6) is -0.594. The van der Waals surface area contributed by atoms with Gasteiger partial charge in [-0.2, -0.15) is 0 Å². The number of nitrogens with one attached hydrogen (secondary N) is 1. The Labute approximate surface area is 114 Å². The Morgan fingerprint density at radius 2 is 1.89 bits per heavy atom. The van der Waals surface area contributed by atoms with E-state index in [1.165, 1.54) is 6.92 Å². The molecule has 0 aliphatic carbocycles. The summed E-state index contributed by atoms with van der Waals surface area (Å²) in [7, 11) is -3.73. The third-order valence-corrected chi connectivity index (χ3v) is 5.25. The zero-order valence-corrected chi connectivity index (χ0v) is 12.8. The van der Waals surface area contributed by atoms with E-state index in [1.54, 1.807) is 20.8 Å². The number of benzene rings is 1. The Hall–Kier alpha value is -1.14. The number of aryl methyl sites for hydroxylation is 1. The fourth-order valence-corrected chi connectivity index (χ4v) is 3.80. The second kappa shape index (κ2) is 5.09. The summed E-state index contributed by atoms with van der Waals surface area (Å²) in [6.07, 6.45) is 0.640. The van der Waals surface area contributed by atoms with Gasteiger partial charge in [0, 0.05) is 5.54 Å². The number of hydrogen-bond donors (Lipinski definition) is 2. The molecule has 0 saturated carbocycles. The third-order valence-electron chi connectivity index (χ3n) is 3.27. The molecular formula is C13H21FN2O2S. The van der Waals surface area contributed by atoms with Crippen molar-refractivity contribution in [1.82, 2.24) is 4.72 Å². The number of nitrogen functional groups attached to an aromatic ring is 1. The van der Waals surface area contributed by atoms with Crippen LogP contribution in [0.4, 0.5) is 10.1 Å². The predicted octanol–water partition coefficient (Wildman–Crippen LogP) is 2.49. The van der Waals surface area contributed by atoms with Gasteiger partial charge in [0.25, 0.3) is 0 Å². The zero-order valence-electron chi connectivity index (χ0n) is 12.0. The van der Waals surface area contributed by atoms with Crippen LogP contribution in [0.3, 0.4) is 0 Å². The first-order valence-corrected chi connectivity index (χ1v) is 7.59. The van der Waals surface area contributed by atoms with Gasteiger partial charge in [-0.1, -0.05) is 6.92 Å². The first-order valence-electron chi connectivity index (χ1n) is 6.11. The van der Waals surface area contributed by atoms with Crippen molar-refractivity contribution in [3.05, 3.63) is 23.0 Å². The van der Waals surface area contributed by atoms with Crippen molar-refractivity contribution in [1.29, 1.82) is 0 Å². The number of sulfonamides is 1. The molecule has 19 heavy (non-hydrogen) atoms. The lowest BCUT2D eigenvalue weighted by atomic mass is 10.0. The maximum atomic E-state index is 13.5. The predicted molar refractivity (Wildman–Crippen MR) is 75.0 cm³/mol. The molecule has 3 N–H and O–H groups in total. The molecule has 0 bridgehead atoms. The minimum absolute atomic E-state index is 0.0629. The molecule has 0 fully saturated rings. The summed E-state index contributed by atoms with van der Waals surface area (Å²) in [5.41, 5.74) is 5.48. The molecule has 0 atom stereocenters. The van der Waals surface area contributed by atoms with Gasteiger partial charge in [-0.3, -0.25) is 0 Å². The first-order chi connectivity index (χ1) is 8.52. The highest BCUT2D eigenvalue weighted by Crippen LogP contribution is 2.28. The summed E-state index contributed by atoms with van der Waals surface area (Å²) in [6, 6.07) is 1.15. The van der Waals surface area contributed by atoms with Gasteiger partial charge in [0.05, 0.1) is 10.6 Å². The SMILES string of the molecule is CCC(C)(C)NS(=O)(=O)c1c(C)cc(F)c(N)c1C. The van der Waals surface area contributed by atoms with Gasteiger partial charge in [-0.05, 0) is 51.3 Å². The van der Waals surface area contributed by atoms with E-state index in [1.807, 2.05) is 6.92 Å². The summed E-state index contributed by atoms with van der Waals surface area (Å²) < 4.78 is 40.9. The molecule has 0 unspecified atom stereocenters. The Kier molecular flexibility index (Phi) is 4.27. The van der Waals surface area contributed by atoms with Crippen LogP contribution in [0, 0.1) is 19.7 Å². The van der Waals surface area contributed by atoms with E-state index in [2.05, 4.69) is 4.72 Å². The topological polar surface area (TPSA) is 72.2 Å². The largest absolute Gasteiger partial charge is 0.396 e. The van der Waals surface area contributed by atoms with Crippen LogP contribution >= 0.6 is 0 Å². The number of anilines is 1. The smallest absolute Gasteiger partial charge is 0.241 e. The average molecular weight is 288 g/mol. The summed E-state index contributed by atoms with van der Waals surface area (Å²) in [4.78, 5) is 0.0629. The number of rotatable bonds is 4. The lowest BCUT2D eigenvalue weighted by molar-refractivity contribution is 0.439. The van der Waals surface area contributed by atoms with Crippen LogP contribution in [0.25, 0.3) is 0 Å². The number of nitrogens with two attached hydrogens (primary N) is 1. The normalized spacial score (nSPS) is 12.7. The molecule has 0 aromatic heterocycles. The van der Waals surface area contributed by atoms with Gasteiger partial charge in [0.2, 0.25) is 10.0 Å². The molecule has 6 heteroatoms. The lowest BCUT2D eigenvalue weighted by Crippen LogP contribution is -2.43. The minimum Gasteiger partial charge on any atom is -0.396 e. The van der Waals surface area contributed by atoms with Crippen molar-refractivity contribution in [3.8, 4) is 0 Å². The molecule has 0 amide bonds. The van der Waals surface area contributed by atoms with Crippen molar-refractivity contribution in [3.63, 3.8) is 0 Å². The third kappa shape index (κ3) is 3.25. The molecule has 1 aromatic carbocycles. The molecule has 0 radical (unpaired) electrons. The maximum absolute atomic E-state index is 13.5. The number of halogens is 1. The first kappa shape index (κ1) is 15.9. The molecule has 108 valence electrons. The van der Waals surface area contributed by atoms with Gasteiger partial charge in [-0.25, -0.2) is 17.5 Å². The maximum Gasteiger partial charge on any atom is 0.241 e. The summed E-state index contributed by atoms with van der Waals surface area (Å²) in [5, 5.41) is 0. The monoisotopic (exact) mass is 288 g/mol. The minimum atomic E-state index is -3.73. The number of hydrogen-bond acceptors (Lipinski definition) is 3. The van der Waals surface area contributed by atoms with E-state index in [9.17, 15) is 12.8 Å². The fourth-order valence-electron chi connectivity index (χ4n) is 1.83. The van der Waals surface area contributed by atoms with Crippen LogP contribution < -0.4 is 10.5 Å². The molecule has 0 aliphatic heterocycles. The molecular weight excluding hydrogens is 267 g/mol. The van der Waals surface area contributed by atoms with Crippen LogP contribution in [-0.2, 0) is 10.0 Å². The highest BCUT2D eigenvalue weighted by molar-refractivity contribution is 7.89. The van der Waals surface area contributed by atoms with Crippen molar-refractivity contribution in [2.45, 2.75) is 51.5 Å². The van der Waals surface area contributed by atoms with Crippen LogP contribution in [0.1, 0.15) is 38.3 Å². The lowest BCUT2D eigenvalue weighted by Gasteiger charge is -2.25. The highest BCUT2D eigenvalue weighted by Gasteiger charge is 2.28. The van der Waals surface area contributed by atoms with Gasteiger partial charge in [0.15, 0.2) is 0 Å². The second-order valence-electron chi connectivity index (χ2n) is 5.39. The van der Waals surface area contributed by atoms with Crippen LogP contribution in [0.15, 0.2) is 11.0 Å². The van der Waals surface area contributed by atoms with Gasteiger partial charge in [0.1, 0.15) is 5.82 Å². The summed E-state index contributed by atoms with van der Waals surface area (Å²) >= 11 is 0. The quantitative estimate of drug-likeness (QED) is 0.836. The van der Waals surface area contributed by atoms with E-state index >= 15 is 0 Å². The molecule has 0 heterocycles. The molecule has 0 saturated heterocycles. The standard InChI is InChI=1S/C13H21FN2O2S/c1-6-13(4,5)16-19(17,18)12-8(2)7-10(14)11(15)9(12)3/h7,16H,6,15H2,1-5H3. The Bertz CT molecular complexity index is 595. The van der Waals surface area contributed by atoms with E-state index < -0.39 is 21.4 Å². The van der Waals surface area contributed by atoms with Crippen molar-refractivity contribution in [2.75, 3.05) is 5.73 Å². The average Bonchev–Trinajstić information content (AvgIpc) is 2.24. The summed E-state index contributed by atoms with van der Waals surface area (Å²) in [6.45, 7) is 8.55. The van der Waals surface area contributed by atoms with Crippen LogP contribution in [0.2, 0.25) is 0 Å². The Morgan fingerprint density at radius 3 is 2.37 bits per heavy atom. The van der Waals surface area contributed by atoms with Crippen molar-refractivity contribution in [2.24, 2.45) is 0 Å². The Balaban J connectivity index is 3.43. The molecule has 4 nitrogen and oxygen atoms in total. The highest BCUT2D eigenvalue weighted by atomic mass is 32.2. The van der Waals surface area contributed by atoms with Crippen LogP contribution in [-0.4, -0.2) is 14.0 Å². The van der Waals surface area contributed by atoms with Crippen molar-refractivity contribution < 1.29 is 12.8 Å². The van der Waals surface area contributed by atoms with Gasteiger partial charge < -0.3 is 5.73 Å². The zero-order chi connectivity index (χ0) is 15.0. The van der Waals surface area contributed by atoms with E-state index in [-0.39, 0.29) is 16.1 Å². The second-order valence-corrected chi connectivity index (χ2v) is 7.01. The fraction of sp³-hybridized carbons (Fsp3) is 0.538. The Morgan fingerprint density at radius 1 is 1.37 bits per heavy atom. The molecule has 0 spiro atoms.